The Morgan fingerprint density at radius 3 is 2.46 bits per heavy atom. The molecule has 0 spiro atoms. The Hall–Kier alpha value is -0.290. The van der Waals surface area contributed by atoms with Gasteiger partial charge in [-0.15, -0.1) is 0 Å². The van der Waals surface area contributed by atoms with Crippen LogP contribution in [-0.4, -0.2) is 16.9 Å². The van der Waals surface area contributed by atoms with Gasteiger partial charge >= 0.3 is 0 Å². The fourth-order valence-corrected chi connectivity index (χ4v) is 8.05. The average Bonchev–Trinajstić information content (AvgIpc) is 2.77. The second-order valence-corrected chi connectivity index (χ2v) is 11.8. The number of hydrogen-bond donors (Lipinski definition) is 0. The van der Waals surface area contributed by atoms with E-state index in [0.717, 1.165) is 17.8 Å². The van der Waals surface area contributed by atoms with Gasteiger partial charge in [-0.3, -0.25) is 0 Å². The lowest BCUT2D eigenvalue weighted by Crippen LogP contribution is -2.33. The summed E-state index contributed by atoms with van der Waals surface area (Å²) in [6, 6.07) is 2.59. The Kier molecular flexibility index (Phi) is 6.28. The van der Waals surface area contributed by atoms with E-state index in [4.69, 9.17) is 0 Å². The minimum atomic E-state index is 0.176. The first kappa shape index (κ1) is 20.0. The predicted molar refractivity (Wildman–Crippen MR) is 110 cm³/mol. The summed E-state index contributed by atoms with van der Waals surface area (Å²) in [5.74, 6) is 3.99. The van der Waals surface area contributed by atoms with Gasteiger partial charge in [-0.1, -0.05) is 41.0 Å². The molecule has 0 amide bonds. The molecule has 0 aromatic carbocycles. The Bertz CT molecular complexity index is 529. The molecule has 138 valence electrons. The molecule has 0 aromatic heterocycles. The van der Waals surface area contributed by atoms with Gasteiger partial charge in [0.1, 0.15) is 0 Å². The van der Waals surface area contributed by atoms with E-state index >= 15 is 0 Å². The molecule has 0 radical (unpaired) electrons. The molecule has 2 aliphatic rings. The number of nitriles is 1. The minimum Gasteiger partial charge on any atom is -0.198 e. The predicted octanol–water partition coefficient (Wildman–Crippen LogP) is 6.51. The maximum absolute atomic E-state index is 9.60. The van der Waals surface area contributed by atoms with Crippen LogP contribution >= 0.6 is 10.5 Å². The Labute approximate surface area is 153 Å². The van der Waals surface area contributed by atoms with Crippen LogP contribution in [0.1, 0.15) is 80.1 Å². The number of rotatable bonds is 7. The Morgan fingerprint density at radius 1 is 1.33 bits per heavy atom. The summed E-state index contributed by atoms with van der Waals surface area (Å²) in [7, 11) is 0.559. The van der Waals surface area contributed by atoms with Crippen LogP contribution in [0.5, 0.6) is 0 Å². The van der Waals surface area contributed by atoms with Crippen molar-refractivity contribution >= 4 is 15.3 Å². The van der Waals surface area contributed by atoms with Crippen molar-refractivity contribution in [2.45, 2.75) is 80.1 Å². The molecule has 1 heterocycles. The van der Waals surface area contributed by atoms with Crippen molar-refractivity contribution in [3.05, 3.63) is 0 Å². The molecule has 1 nitrogen and oxygen atoms in total. The SMILES string of the molecule is CCCC1(CC(C)C)CC(C)(C(C)C#N)CC1CC1=S(C)CC1C. The van der Waals surface area contributed by atoms with Gasteiger partial charge in [0.25, 0.3) is 0 Å². The zero-order chi connectivity index (χ0) is 18.1. The molecular weight excluding hydrogens is 310 g/mol. The quantitative estimate of drug-likeness (QED) is 0.481. The number of hydrogen-bond acceptors (Lipinski definition) is 1. The molecule has 24 heavy (non-hydrogen) atoms. The highest BCUT2D eigenvalue weighted by molar-refractivity contribution is 8.16. The molecule has 1 saturated carbocycles. The summed E-state index contributed by atoms with van der Waals surface area (Å²) in [5, 5.41) is 9.60. The lowest BCUT2D eigenvalue weighted by molar-refractivity contribution is 0.128. The van der Waals surface area contributed by atoms with Crippen molar-refractivity contribution in [2.75, 3.05) is 12.0 Å². The van der Waals surface area contributed by atoms with E-state index in [1.807, 2.05) is 4.86 Å². The van der Waals surface area contributed by atoms with Crippen LogP contribution in [0.15, 0.2) is 0 Å². The van der Waals surface area contributed by atoms with Gasteiger partial charge in [-0.05, 0) is 84.5 Å². The third kappa shape index (κ3) is 3.77. The third-order valence-corrected chi connectivity index (χ3v) is 9.55. The van der Waals surface area contributed by atoms with Crippen LogP contribution in [-0.2, 0) is 0 Å². The van der Waals surface area contributed by atoms with E-state index < -0.39 is 0 Å². The highest BCUT2D eigenvalue weighted by Crippen LogP contribution is 2.62. The molecule has 0 aromatic rings. The molecular formula is C22H39NS. The van der Waals surface area contributed by atoms with E-state index in [1.54, 1.807) is 0 Å². The smallest absolute Gasteiger partial charge is 0.0658 e. The van der Waals surface area contributed by atoms with E-state index in [9.17, 15) is 5.26 Å². The van der Waals surface area contributed by atoms with Crippen LogP contribution in [0.25, 0.3) is 0 Å². The summed E-state index contributed by atoms with van der Waals surface area (Å²) < 4.78 is 0. The van der Waals surface area contributed by atoms with Crippen LogP contribution in [0.3, 0.4) is 0 Å². The first-order valence-corrected chi connectivity index (χ1v) is 11.9. The first-order valence-electron chi connectivity index (χ1n) is 10.1. The summed E-state index contributed by atoms with van der Waals surface area (Å²) in [6.07, 6.45) is 10.3. The minimum absolute atomic E-state index is 0.176. The van der Waals surface area contributed by atoms with Crippen molar-refractivity contribution in [3.8, 4) is 6.07 Å². The molecule has 6 atom stereocenters. The van der Waals surface area contributed by atoms with E-state index in [2.05, 4.69) is 53.9 Å². The highest BCUT2D eigenvalue weighted by atomic mass is 32.2. The van der Waals surface area contributed by atoms with Gasteiger partial charge < -0.3 is 0 Å². The molecule has 2 rings (SSSR count). The van der Waals surface area contributed by atoms with Gasteiger partial charge in [-0.2, -0.15) is 15.7 Å². The zero-order valence-corrected chi connectivity index (χ0v) is 17.9. The molecule has 6 unspecified atom stereocenters. The van der Waals surface area contributed by atoms with E-state index in [-0.39, 0.29) is 11.3 Å². The summed E-state index contributed by atoms with van der Waals surface area (Å²) in [6.45, 7) is 14.1. The van der Waals surface area contributed by atoms with E-state index in [0.29, 0.717) is 15.9 Å². The van der Waals surface area contributed by atoms with Gasteiger partial charge in [0.15, 0.2) is 0 Å². The molecule has 2 heteroatoms. The van der Waals surface area contributed by atoms with Crippen molar-refractivity contribution in [1.29, 1.82) is 5.26 Å². The van der Waals surface area contributed by atoms with Gasteiger partial charge in [0, 0.05) is 5.92 Å². The van der Waals surface area contributed by atoms with Crippen molar-refractivity contribution in [3.63, 3.8) is 0 Å². The summed E-state index contributed by atoms with van der Waals surface area (Å²) in [4.78, 5) is 1.86. The third-order valence-electron chi connectivity index (χ3n) is 7.08. The van der Waals surface area contributed by atoms with Gasteiger partial charge in [-0.25, -0.2) is 0 Å². The molecule has 1 aliphatic carbocycles. The second-order valence-electron chi connectivity index (χ2n) is 9.67. The van der Waals surface area contributed by atoms with Crippen LogP contribution in [0.4, 0.5) is 0 Å². The summed E-state index contributed by atoms with van der Waals surface area (Å²) in [5.41, 5.74) is 0.679. The van der Waals surface area contributed by atoms with Gasteiger partial charge in [0.2, 0.25) is 0 Å². The largest absolute Gasteiger partial charge is 0.198 e. The van der Waals surface area contributed by atoms with E-state index in [1.165, 1.54) is 44.3 Å². The van der Waals surface area contributed by atoms with Crippen LogP contribution < -0.4 is 0 Å². The van der Waals surface area contributed by atoms with Gasteiger partial charge in [0.05, 0.1) is 6.07 Å². The fourth-order valence-electron chi connectivity index (χ4n) is 5.92. The lowest BCUT2D eigenvalue weighted by atomic mass is 9.66. The highest BCUT2D eigenvalue weighted by Gasteiger charge is 2.54. The maximum Gasteiger partial charge on any atom is 0.0658 e. The van der Waals surface area contributed by atoms with Crippen LogP contribution in [0.2, 0.25) is 0 Å². The van der Waals surface area contributed by atoms with Crippen LogP contribution in [0, 0.1) is 45.8 Å². The fraction of sp³-hybridized carbons (Fsp3) is 0.909. The Balaban J connectivity index is 2.34. The summed E-state index contributed by atoms with van der Waals surface area (Å²) >= 11 is 0. The molecule has 0 saturated heterocycles. The standard InChI is InChI=1S/C22H39NS/c1-8-9-22(11-16(2)3)15-21(6,18(5)13-23)12-19(22)10-20-17(4)14-24(20)7/h16-19H,8-12,14-15H2,1-7H3. The molecule has 1 fully saturated rings. The number of nitrogens with zero attached hydrogens (tertiary/aromatic N) is 1. The molecule has 0 bridgehead atoms. The second kappa shape index (κ2) is 7.53. The topological polar surface area (TPSA) is 23.8 Å². The zero-order valence-electron chi connectivity index (χ0n) is 17.1. The van der Waals surface area contributed by atoms with Crippen molar-refractivity contribution in [2.24, 2.45) is 34.5 Å². The first-order chi connectivity index (χ1) is 11.2. The van der Waals surface area contributed by atoms with Crippen molar-refractivity contribution < 1.29 is 0 Å². The molecule has 0 N–H and O–H groups in total. The molecule has 1 aliphatic heterocycles. The lowest BCUT2D eigenvalue weighted by Gasteiger charge is -2.41. The van der Waals surface area contributed by atoms with Crippen molar-refractivity contribution in [1.82, 2.24) is 0 Å². The average molecular weight is 350 g/mol. The monoisotopic (exact) mass is 349 g/mol. The Morgan fingerprint density at radius 2 is 2.00 bits per heavy atom. The maximum atomic E-state index is 9.60. The normalized spacial score (nSPS) is 40.5.